The number of carbonyl (C=O) groups is 1. The summed E-state index contributed by atoms with van der Waals surface area (Å²) in [5.74, 6) is 0.722. The molecule has 0 bridgehead atoms. The molecule has 0 radical (unpaired) electrons. The second-order valence-corrected chi connectivity index (χ2v) is 10.3. The molecule has 0 atom stereocenters. The molecule has 1 heterocycles. The van der Waals surface area contributed by atoms with Gasteiger partial charge in [0.1, 0.15) is 5.60 Å². The quantitative estimate of drug-likeness (QED) is 0.114. The first-order valence-electron chi connectivity index (χ1n) is 14.1. The fraction of sp³-hybridized carbons (Fsp3) is 0.606. The molecule has 0 aromatic heterocycles. The number of likely N-dealkylation sites (tertiary alicyclic amines) is 1. The summed E-state index contributed by atoms with van der Waals surface area (Å²) in [4.78, 5) is 16.1. The standard InChI is InChI=1S/C27H45N3O2.C4H8.C2H2/c1-6-8-14-28-21-27(32-22-31)12-16-29(17-13-27)19-25(18-24(5)26-10-11-26)20-30(23(3)4)15-9-7-2;1-3-4-2;1-2/h6-9,20,22-23,26,28H,5,10-19,21H2,1-4H3;3-4H,1-2H3;1-2H/b8-6-,9-7-,25-20+;4-3+;. The fourth-order valence-corrected chi connectivity index (χ4v) is 4.29. The van der Waals surface area contributed by atoms with Crippen molar-refractivity contribution in [1.82, 2.24) is 15.1 Å². The van der Waals surface area contributed by atoms with Crippen molar-refractivity contribution in [2.45, 2.75) is 85.3 Å². The van der Waals surface area contributed by atoms with Crippen LogP contribution in [0.1, 0.15) is 73.6 Å². The third-order valence-electron chi connectivity index (χ3n) is 6.94. The molecule has 38 heavy (non-hydrogen) atoms. The van der Waals surface area contributed by atoms with Crippen LogP contribution in [-0.4, -0.2) is 67.2 Å². The van der Waals surface area contributed by atoms with Gasteiger partial charge in [0.15, 0.2) is 0 Å². The van der Waals surface area contributed by atoms with Crippen molar-refractivity contribution < 1.29 is 9.53 Å². The predicted molar refractivity (Wildman–Crippen MR) is 165 cm³/mol. The van der Waals surface area contributed by atoms with Gasteiger partial charge in [-0.15, -0.1) is 12.8 Å². The molecule has 5 nitrogen and oxygen atoms in total. The topological polar surface area (TPSA) is 44.8 Å². The van der Waals surface area contributed by atoms with Gasteiger partial charge in [0.25, 0.3) is 6.47 Å². The molecular formula is C33H55N3O2. The Morgan fingerprint density at radius 2 is 1.68 bits per heavy atom. The number of nitrogens with one attached hydrogen (secondary N) is 1. The summed E-state index contributed by atoms with van der Waals surface area (Å²) < 4.78 is 5.61. The molecule has 1 N–H and O–H groups in total. The molecule has 0 amide bonds. The van der Waals surface area contributed by atoms with Crippen molar-refractivity contribution in [2.75, 3.05) is 39.3 Å². The lowest BCUT2D eigenvalue weighted by molar-refractivity contribution is -0.148. The molecule has 0 unspecified atom stereocenters. The average molecular weight is 526 g/mol. The Bertz CT molecular complexity index is 775. The van der Waals surface area contributed by atoms with E-state index in [2.05, 4.69) is 79.7 Å². The lowest BCUT2D eigenvalue weighted by atomic mass is 9.90. The highest BCUT2D eigenvalue weighted by Gasteiger charge is 2.36. The van der Waals surface area contributed by atoms with Crippen LogP contribution in [-0.2, 0) is 9.53 Å². The molecule has 214 valence electrons. The summed E-state index contributed by atoms with van der Waals surface area (Å²) >= 11 is 0. The van der Waals surface area contributed by atoms with Gasteiger partial charge in [0.2, 0.25) is 0 Å². The molecule has 1 saturated carbocycles. The fourth-order valence-electron chi connectivity index (χ4n) is 4.29. The van der Waals surface area contributed by atoms with Crippen LogP contribution in [0.5, 0.6) is 0 Å². The number of terminal acetylenes is 1. The van der Waals surface area contributed by atoms with E-state index in [1.54, 1.807) is 0 Å². The SMILES string of the molecule is C#C.C/C=C/C.C=C(C/C(=C\N(C/C=C\C)C(C)C)CN1CCC(CNC/C=C\C)(OC=O)CC1)C1CC1. The zero-order valence-corrected chi connectivity index (χ0v) is 25.1. The van der Waals surface area contributed by atoms with E-state index in [-0.39, 0.29) is 0 Å². The summed E-state index contributed by atoms with van der Waals surface area (Å²) in [5.41, 5.74) is 2.43. The Kier molecular flexibility index (Phi) is 20.0. The molecular weight excluding hydrogens is 470 g/mol. The largest absolute Gasteiger partial charge is 0.460 e. The van der Waals surface area contributed by atoms with Crippen molar-refractivity contribution >= 4 is 6.47 Å². The first-order chi connectivity index (χ1) is 18.3. The highest BCUT2D eigenvalue weighted by molar-refractivity contribution is 5.38. The second-order valence-electron chi connectivity index (χ2n) is 10.3. The molecule has 1 aliphatic heterocycles. The monoisotopic (exact) mass is 525 g/mol. The van der Waals surface area contributed by atoms with E-state index in [1.165, 1.54) is 24.0 Å². The minimum Gasteiger partial charge on any atom is -0.460 e. The number of piperidine rings is 1. The Hall–Kier alpha value is -2.55. The van der Waals surface area contributed by atoms with E-state index in [0.717, 1.165) is 57.9 Å². The molecule has 1 saturated heterocycles. The van der Waals surface area contributed by atoms with Crippen LogP contribution >= 0.6 is 0 Å². The maximum absolute atomic E-state index is 11.2. The maximum atomic E-state index is 11.2. The van der Waals surface area contributed by atoms with E-state index in [9.17, 15) is 4.79 Å². The smallest absolute Gasteiger partial charge is 0.293 e. The summed E-state index contributed by atoms with van der Waals surface area (Å²) in [5, 5.41) is 3.42. The molecule has 0 aromatic carbocycles. The van der Waals surface area contributed by atoms with Crippen LogP contribution in [0.25, 0.3) is 0 Å². The minimum atomic E-state index is -0.392. The zero-order valence-electron chi connectivity index (χ0n) is 25.1. The van der Waals surface area contributed by atoms with Crippen molar-refractivity contribution in [3.63, 3.8) is 0 Å². The van der Waals surface area contributed by atoms with Gasteiger partial charge in [-0.05, 0) is 72.3 Å². The minimum absolute atomic E-state index is 0.392. The molecule has 5 heteroatoms. The van der Waals surface area contributed by atoms with E-state index >= 15 is 0 Å². The van der Waals surface area contributed by atoms with Crippen molar-refractivity contribution in [2.24, 2.45) is 5.92 Å². The molecule has 2 fully saturated rings. The van der Waals surface area contributed by atoms with Crippen LogP contribution in [0.2, 0.25) is 0 Å². The van der Waals surface area contributed by atoms with Gasteiger partial charge in [0.05, 0.1) is 0 Å². The van der Waals surface area contributed by atoms with E-state index in [1.807, 2.05) is 39.0 Å². The predicted octanol–water partition coefficient (Wildman–Crippen LogP) is 6.52. The number of hydrogen-bond acceptors (Lipinski definition) is 5. The summed E-state index contributed by atoms with van der Waals surface area (Å²) in [6.07, 6.45) is 28.1. The zero-order chi connectivity index (χ0) is 28.8. The van der Waals surface area contributed by atoms with Gasteiger partial charge in [-0.2, -0.15) is 0 Å². The van der Waals surface area contributed by atoms with E-state index < -0.39 is 5.60 Å². The summed E-state index contributed by atoms with van der Waals surface area (Å²) in [7, 11) is 0. The van der Waals surface area contributed by atoms with Crippen molar-refractivity contribution in [3.05, 3.63) is 60.4 Å². The lowest BCUT2D eigenvalue weighted by Gasteiger charge is -2.41. The molecule has 0 aromatic rings. The van der Waals surface area contributed by atoms with Gasteiger partial charge < -0.3 is 15.0 Å². The summed E-state index contributed by atoms with van der Waals surface area (Å²) in [6.45, 7) is 22.9. The van der Waals surface area contributed by atoms with Crippen LogP contribution in [0.3, 0.4) is 0 Å². The first-order valence-corrected chi connectivity index (χ1v) is 14.1. The number of carbonyl (C=O) groups excluding carboxylic acids is 1. The van der Waals surface area contributed by atoms with Crippen LogP contribution in [0.15, 0.2) is 60.4 Å². The number of nitrogens with zero attached hydrogens (tertiary/aromatic N) is 2. The Morgan fingerprint density at radius 3 is 2.16 bits per heavy atom. The van der Waals surface area contributed by atoms with Crippen molar-refractivity contribution in [3.8, 4) is 12.8 Å². The lowest BCUT2D eigenvalue weighted by Crippen LogP contribution is -2.51. The van der Waals surface area contributed by atoms with Gasteiger partial charge in [-0.25, -0.2) is 0 Å². The van der Waals surface area contributed by atoms with Crippen LogP contribution < -0.4 is 5.32 Å². The average Bonchev–Trinajstić information content (AvgIpc) is 3.77. The molecule has 2 rings (SSSR count). The van der Waals surface area contributed by atoms with Gasteiger partial charge in [0, 0.05) is 64.4 Å². The van der Waals surface area contributed by atoms with Gasteiger partial charge >= 0.3 is 0 Å². The number of allylic oxidation sites excluding steroid dienone is 5. The van der Waals surface area contributed by atoms with Crippen LogP contribution in [0.4, 0.5) is 0 Å². The van der Waals surface area contributed by atoms with Crippen molar-refractivity contribution in [1.29, 1.82) is 0 Å². The Balaban J connectivity index is 0.00000208. The number of hydrogen-bond donors (Lipinski definition) is 1. The normalized spacial score (nSPS) is 17.7. The molecule has 0 spiro atoms. The second kappa shape index (κ2) is 21.4. The van der Waals surface area contributed by atoms with E-state index in [4.69, 9.17) is 4.74 Å². The third kappa shape index (κ3) is 15.0. The number of rotatable bonds is 15. The Morgan fingerprint density at radius 1 is 1.08 bits per heavy atom. The molecule has 1 aliphatic carbocycles. The number of ether oxygens (including phenoxy) is 1. The summed E-state index contributed by atoms with van der Waals surface area (Å²) in [6, 6.07) is 0.452. The van der Waals surface area contributed by atoms with Gasteiger partial charge in [-0.3, -0.25) is 9.69 Å². The Labute approximate surface area is 234 Å². The van der Waals surface area contributed by atoms with E-state index in [0.29, 0.717) is 19.1 Å². The highest BCUT2D eigenvalue weighted by atomic mass is 16.5. The third-order valence-corrected chi connectivity index (χ3v) is 6.94. The van der Waals surface area contributed by atoms with Gasteiger partial charge in [-0.1, -0.05) is 48.6 Å². The van der Waals surface area contributed by atoms with Crippen LogP contribution in [0, 0.1) is 18.8 Å². The molecule has 2 aliphatic rings. The first kappa shape index (κ1) is 35.5. The highest BCUT2D eigenvalue weighted by Crippen LogP contribution is 2.38. The maximum Gasteiger partial charge on any atom is 0.293 e.